The molecule has 0 spiro atoms. The number of anilines is 1. The quantitative estimate of drug-likeness (QED) is 0.540. The molecule has 3 rings (SSSR count). The Morgan fingerprint density at radius 3 is 2.19 bits per heavy atom. The summed E-state index contributed by atoms with van der Waals surface area (Å²) in [4.78, 5) is 11.9. The second-order valence-corrected chi connectivity index (χ2v) is 8.30. The van der Waals surface area contributed by atoms with E-state index in [1.54, 1.807) is 6.07 Å². The Kier molecular flexibility index (Phi) is 6.42. The molecule has 1 unspecified atom stereocenters. The Labute approximate surface area is 175 Å². The fourth-order valence-corrected chi connectivity index (χ4v) is 4.06. The third-order valence-electron chi connectivity index (χ3n) is 4.37. The van der Waals surface area contributed by atoms with E-state index in [4.69, 9.17) is 0 Å². The molecule has 1 atom stereocenters. The van der Waals surface area contributed by atoms with Crippen LogP contribution in [-0.4, -0.2) is 14.3 Å². The Bertz CT molecular complexity index is 1250. The van der Waals surface area contributed by atoms with Crippen molar-refractivity contribution in [2.24, 2.45) is 0 Å². The molecule has 0 aliphatic heterocycles. The molecule has 0 bridgehead atoms. The van der Waals surface area contributed by atoms with Crippen LogP contribution in [0, 0.1) is 23.3 Å². The molecule has 0 saturated heterocycles. The predicted molar refractivity (Wildman–Crippen MR) is 106 cm³/mol. The van der Waals surface area contributed by atoms with E-state index in [0.29, 0.717) is 6.07 Å². The summed E-state index contributed by atoms with van der Waals surface area (Å²) in [6.07, 6.45) is 0. The van der Waals surface area contributed by atoms with Crippen LogP contribution >= 0.6 is 0 Å². The van der Waals surface area contributed by atoms with Crippen LogP contribution in [0.15, 0.2) is 65.6 Å². The van der Waals surface area contributed by atoms with Gasteiger partial charge in [0.05, 0.1) is 10.5 Å². The summed E-state index contributed by atoms with van der Waals surface area (Å²) in [5.41, 5.74) is -0.682. The van der Waals surface area contributed by atoms with Crippen molar-refractivity contribution in [3.05, 3.63) is 95.1 Å². The number of hydrogen-bond donors (Lipinski definition) is 2. The first-order valence-corrected chi connectivity index (χ1v) is 10.4. The van der Waals surface area contributed by atoms with Gasteiger partial charge in [-0.05, 0) is 43.3 Å². The highest BCUT2D eigenvalue weighted by Gasteiger charge is 2.23. The van der Waals surface area contributed by atoms with Gasteiger partial charge in [-0.2, -0.15) is 0 Å². The molecule has 0 heterocycles. The molecule has 0 fully saturated rings. The van der Waals surface area contributed by atoms with Crippen LogP contribution in [0.5, 0.6) is 0 Å². The van der Waals surface area contributed by atoms with Gasteiger partial charge in [-0.3, -0.25) is 4.79 Å². The monoisotopic (exact) mass is 452 g/mol. The molecule has 0 saturated carbocycles. The molecule has 0 aliphatic carbocycles. The van der Waals surface area contributed by atoms with Gasteiger partial charge < -0.3 is 5.32 Å². The second-order valence-electron chi connectivity index (χ2n) is 6.59. The fourth-order valence-electron chi connectivity index (χ4n) is 2.81. The van der Waals surface area contributed by atoms with Crippen LogP contribution in [-0.2, 0) is 10.0 Å². The van der Waals surface area contributed by atoms with Gasteiger partial charge in [0.25, 0.3) is 5.91 Å². The standard InChI is InChI=1S/C21H16F4N2O3S/c1-12(15-4-2-3-5-17(15)22)27-31(29,30)14-7-9-18(23)16(11-14)21(28)26-13-6-8-19(24)20(25)10-13/h2-12,27H,1H3,(H,26,28). The first-order chi connectivity index (χ1) is 14.6. The van der Waals surface area contributed by atoms with Crippen molar-refractivity contribution in [3.8, 4) is 0 Å². The normalized spacial score (nSPS) is 12.4. The van der Waals surface area contributed by atoms with Gasteiger partial charge in [0, 0.05) is 23.4 Å². The topological polar surface area (TPSA) is 75.3 Å². The summed E-state index contributed by atoms with van der Waals surface area (Å²) in [5, 5.41) is 2.17. The van der Waals surface area contributed by atoms with Gasteiger partial charge in [0.2, 0.25) is 10.0 Å². The molecule has 2 N–H and O–H groups in total. The first-order valence-electron chi connectivity index (χ1n) is 8.91. The number of carbonyl (C=O) groups is 1. The van der Waals surface area contributed by atoms with Gasteiger partial charge >= 0.3 is 0 Å². The van der Waals surface area contributed by atoms with Gasteiger partial charge in [0.1, 0.15) is 11.6 Å². The highest BCUT2D eigenvalue weighted by Crippen LogP contribution is 2.22. The van der Waals surface area contributed by atoms with Crippen molar-refractivity contribution >= 4 is 21.6 Å². The molecule has 3 aromatic rings. The van der Waals surface area contributed by atoms with Crippen molar-refractivity contribution in [1.82, 2.24) is 4.72 Å². The lowest BCUT2D eigenvalue weighted by Gasteiger charge is -2.16. The lowest BCUT2D eigenvalue weighted by molar-refractivity contribution is 0.102. The maximum atomic E-state index is 14.2. The molecular weight excluding hydrogens is 436 g/mol. The van der Waals surface area contributed by atoms with E-state index in [1.165, 1.54) is 25.1 Å². The van der Waals surface area contributed by atoms with Gasteiger partial charge in [-0.25, -0.2) is 30.7 Å². The Balaban J connectivity index is 1.86. The largest absolute Gasteiger partial charge is 0.322 e. The minimum absolute atomic E-state index is 0.101. The van der Waals surface area contributed by atoms with Crippen molar-refractivity contribution in [2.45, 2.75) is 17.9 Å². The number of halogens is 4. The SMILES string of the molecule is CC(NS(=O)(=O)c1ccc(F)c(C(=O)Nc2ccc(F)c(F)c2)c1)c1ccccc1F. The summed E-state index contributed by atoms with van der Waals surface area (Å²) < 4.78 is 82.0. The minimum atomic E-state index is -4.26. The number of benzene rings is 3. The zero-order valence-electron chi connectivity index (χ0n) is 16.0. The fraction of sp³-hybridized carbons (Fsp3) is 0.0952. The van der Waals surface area contributed by atoms with Crippen LogP contribution in [0.25, 0.3) is 0 Å². The van der Waals surface area contributed by atoms with Crippen LogP contribution in [0.3, 0.4) is 0 Å². The molecule has 0 radical (unpaired) electrons. The minimum Gasteiger partial charge on any atom is -0.322 e. The summed E-state index contributed by atoms with van der Waals surface area (Å²) in [7, 11) is -4.26. The highest BCUT2D eigenvalue weighted by molar-refractivity contribution is 7.89. The van der Waals surface area contributed by atoms with Gasteiger partial charge in [-0.1, -0.05) is 18.2 Å². The number of carbonyl (C=O) groups excluding carboxylic acids is 1. The Hall–Kier alpha value is -3.24. The number of sulfonamides is 1. The first kappa shape index (κ1) is 22.4. The van der Waals surface area contributed by atoms with E-state index in [9.17, 15) is 30.8 Å². The van der Waals surface area contributed by atoms with Crippen molar-refractivity contribution in [2.75, 3.05) is 5.32 Å². The molecule has 0 aliphatic rings. The summed E-state index contributed by atoms with van der Waals surface area (Å²) in [5.74, 6) is -5.06. The molecule has 5 nitrogen and oxygen atoms in total. The molecular formula is C21H16F4N2O3S. The van der Waals surface area contributed by atoms with Gasteiger partial charge in [-0.15, -0.1) is 0 Å². The lowest BCUT2D eigenvalue weighted by atomic mass is 10.1. The Morgan fingerprint density at radius 1 is 0.839 bits per heavy atom. The summed E-state index contributed by atoms with van der Waals surface area (Å²) in [6, 6.07) is 9.69. The number of rotatable bonds is 6. The maximum Gasteiger partial charge on any atom is 0.258 e. The molecule has 0 aromatic heterocycles. The summed E-state index contributed by atoms with van der Waals surface area (Å²) >= 11 is 0. The van der Waals surface area contributed by atoms with Crippen LogP contribution in [0.2, 0.25) is 0 Å². The van der Waals surface area contributed by atoms with Crippen molar-refractivity contribution in [3.63, 3.8) is 0 Å². The van der Waals surface area contributed by atoms with Crippen LogP contribution < -0.4 is 10.0 Å². The third-order valence-corrected chi connectivity index (χ3v) is 5.91. The van der Waals surface area contributed by atoms with Crippen molar-refractivity contribution < 1.29 is 30.8 Å². The smallest absolute Gasteiger partial charge is 0.258 e. The number of amides is 1. The number of nitrogens with one attached hydrogen (secondary N) is 2. The lowest BCUT2D eigenvalue weighted by Crippen LogP contribution is -2.28. The predicted octanol–water partition coefficient (Wildman–Crippen LogP) is 4.53. The molecule has 1 amide bonds. The zero-order chi connectivity index (χ0) is 22.8. The zero-order valence-corrected chi connectivity index (χ0v) is 16.8. The molecule has 162 valence electrons. The molecule has 10 heteroatoms. The average molecular weight is 452 g/mol. The number of hydrogen-bond acceptors (Lipinski definition) is 3. The van der Waals surface area contributed by atoms with E-state index in [0.717, 1.165) is 30.3 Å². The molecule has 3 aromatic carbocycles. The van der Waals surface area contributed by atoms with E-state index < -0.39 is 55.7 Å². The maximum absolute atomic E-state index is 14.2. The highest BCUT2D eigenvalue weighted by atomic mass is 32.2. The van der Waals surface area contributed by atoms with Gasteiger partial charge in [0.15, 0.2) is 11.6 Å². The average Bonchev–Trinajstić information content (AvgIpc) is 2.70. The second kappa shape index (κ2) is 8.86. The van der Waals surface area contributed by atoms with E-state index >= 15 is 0 Å². The van der Waals surface area contributed by atoms with E-state index in [1.807, 2.05) is 0 Å². The van der Waals surface area contributed by atoms with Crippen LogP contribution in [0.1, 0.15) is 28.9 Å². The third kappa shape index (κ3) is 5.09. The van der Waals surface area contributed by atoms with Crippen LogP contribution in [0.4, 0.5) is 23.2 Å². The van der Waals surface area contributed by atoms with E-state index in [-0.39, 0.29) is 11.3 Å². The van der Waals surface area contributed by atoms with E-state index in [2.05, 4.69) is 10.0 Å². The Morgan fingerprint density at radius 2 is 1.52 bits per heavy atom. The van der Waals surface area contributed by atoms with Crippen molar-refractivity contribution in [1.29, 1.82) is 0 Å². The summed E-state index contributed by atoms with van der Waals surface area (Å²) in [6.45, 7) is 1.43. The molecule has 31 heavy (non-hydrogen) atoms.